The van der Waals surface area contributed by atoms with E-state index in [2.05, 4.69) is 5.32 Å². The molecule has 0 fully saturated rings. The van der Waals surface area contributed by atoms with Gasteiger partial charge in [-0.25, -0.2) is 4.79 Å². The number of hydrogen-bond acceptors (Lipinski definition) is 3. The van der Waals surface area contributed by atoms with Gasteiger partial charge in [0, 0.05) is 12.2 Å². The average molecular weight is 271 g/mol. The number of ether oxygens (including phenoxy) is 1. The van der Waals surface area contributed by atoms with Crippen LogP contribution in [0.5, 0.6) is 5.75 Å². The molecule has 4 nitrogen and oxygen atoms in total. The summed E-state index contributed by atoms with van der Waals surface area (Å²) in [6, 6.07) is 14.6. The van der Waals surface area contributed by atoms with E-state index in [0.29, 0.717) is 13.2 Å². The lowest BCUT2D eigenvalue weighted by atomic mass is 10.2. The molecule has 0 saturated carbocycles. The zero-order valence-electron chi connectivity index (χ0n) is 11.3. The van der Waals surface area contributed by atoms with Crippen molar-refractivity contribution in [3.05, 3.63) is 59.7 Å². The molecule has 0 aliphatic heterocycles. The van der Waals surface area contributed by atoms with Crippen LogP contribution >= 0.6 is 0 Å². The molecule has 0 heterocycles. The maximum absolute atomic E-state index is 10.7. The molecule has 2 rings (SSSR count). The maximum Gasteiger partial charge on any atom is 0.335 e. The molecule has 0 unspecified atom stereocenters. The van der Waals surface area contributed by atoms with Gasteiger partial charge in [0.1, 0.15) is 5.75 Å². The van der Waals surface area contributed by atoms with Crippen molar-refractivity contribution in [2.45, 2.75) is 13.5 Å². The molecule has 4 heteroatoms. The maximum atomic E-state index is 10.7. The zero-order valence-corrected chi connectivity index (χ0v) is 11.3. The third kappa shape index (κ3) is 3.75. The summed E-state index contributed by atoms with van der Waals surface area (Å²) < 4.78 is 5.38. The van der Waals surface area contributed by atoms with Crippen LogP contribution in [-0.4, -0.2) is 17.7 Å². The van der Waals surface area contributed by atoms with Gasteiger partial charge in [0.05, 0.1) is 12.2 Å². The standard InChI is InChI=1S/C16H17NO3/c1-2-20-15-9-3-12(4-10-15)11-17-14-7-5-13(6-8-14)16(18)19/h3-10,17H,2,11H2,1H3,(H,18,19). The van der Waals surface area contributed by atoms with E-state index >= 15 is 0 Å². The fourth-order valence-corrected chi connectivity index (χ4v) is 1.80. The molecular formula is C16H17NO3. The quantitative estimate of drug-likeness (QED) is 0.845. The van der Waals surface area contributed by atoms with Gasteiger partial charge in [-0.15, -0.1) is 0 Å². The third-order valence-corrected chi connectivity index (χ3v) is 2.86. The number of hydrogen-bond donors (Lipinski definition) is 2. The number of carboxylic acids is 1. The molecule has 0 bridgehead atoms. The molecule has 0 aromatic heterocycles. The largest absolute Gasteiger partial charge is 0.494 e. The summed E-state index contributed by atoms with van der Waals surface area (Å²) in [7, 11) is 0. The Hall–Kier alpha value is -2.49. The first-order valence-corrected chi connectivity index (χ1v) is 6.48. The first-order valence-electron chi connectivity index (χ1n) is 6.48. The first kappa shape index (κ1) is 13.9. The van der Waals surface area contributed by atoms with Crippen LogP contribution in [-0.2, 0) is 6.54 Å². The lowest BCUT2D eigenvalue weighted by molar-refractivity contribution is 0.0697. The molecule has 0 aliphatic rings. The topological polar surface area (TPSA) is 58.6 Å². The van der Waals surface area contributed by atoms with Gasteiger partial charge in [-0.3, -0.25) is 0 Å². The van der Waals surface area contributed by atoms with Gasteiger partial charge < -0.3 is 15.2 Å². The molecule has 0 atom stereocenters. The third-order valence-electron chi connectivity index (χ3n) is 2.86. The summed E-state index contributed by atoms with van der Waals surface area (Å²) in [5.74, 6) is -0.0508. The summed E-state index contributed by atoms with van der Waals surface area (Å²) in [5.41, 5.74) is 2.32. The van der Waals surface area contributed by atoms with Gasteiger partial charge in [-0.2, -0.15) is 0 Å². The molecule has 0 aliphatic carbocycles. The Morgan fingerprint density at radius 2 is 1.75 bits per heavy atom. The second-order valence-corrected chi connectivity index (χ2v) is 4.31. The van der Waals surface area contributed by atoms with Gasteiger partial charge in [0.15, 0.2) is 0 Å². The van der Waals surface area contributed by atoms with Crippen molar-refractivity contribution in [3.8, 4) is 5.75 Å². The predicted octanol–water partition coefficient (Wildman–Crippen LogP) is 3.40. The van der Waals surface area contributed by atoms with E-state index in [1.165, 1.54) is 0 Å². The number of aromatic carboxylic acids is 1. The van der Waals surface area contributed by atoms with Crippen LogP contribution in [0.25, 0.3) is 0 Å². The Kier molecular flexibility index (Phi) is 4.60. The Morgan fingerprint density at radius 1 is 1.10 bits per heavy atom. The lowest BCUT2D eigenvalue weighted by Gasteiger charge is -2.08. The summed E-state index contributed by atoms with van der Waals surface area (Å²) in [6.45, 7) is 3.29. The second-order valence-electron chi connectivity index (χ2n) is 4.31. The van der Waals surface area contributed by atoms with Crippen LogP contribution in [0.15, 0.2) is 48.5 Å². The SMILES string of the molecule is CCOc1ccc(CNc2ccc(C(=O)O)cc2)cc1. The van der Waals surface area contributed by atoms with Crippen LogP contribution < -0.4 is 10.1 Å². The molecule has 104 valence electrons. The van der Waals surface area contributed by atoms with Gasteiger partial charge >= 0.3 is 5.97 Å². The number of carboxylic acid groups (broad SMARTS) is 1. The minimum atomic E-state index is -0.914. The molecule has 20 heavy (non-hydrogen) atoms. The van der Waals surface area contributed by atoms with Crippen LogP contribution in [0.1, 0.15) is 22.8 Å². The van der Waals surface area contributed by atoms with Crippen LogP contribution in [0.4, 0.5) is 5.69 Å². The van der Waals surface area contributed by atoms with Crippen molar-refractivity contribution in [3.63, 3.8) is 0 Å². The molecule has 0 saturated heterocycles. The Morgan fingerprint density at radius 3 is 2.30 bits per heavy atom. The highest BCUT2D eigenvalue weighted by Crippen LogP contribution is 2.14. The molecule has 2 aromatic carbocycles. The average Bonchev–Trinajstić information content (AvgIpc) is 2.47. The normalized spacial score (nSPS) is 10.1. The molecule has 0 spiro atoms. The Bertz CT molecular complexity index is 561. The van der Waals surface area contributed by atoms with E-state index in [-0.39, 0.29) is 5.56 Å². The number of anilines is 1. The van der Waals surface area contributed by atoms with Gasteiger partial charge in [-0.1, -0.05) is 12.1 Å². The number of nitrogens with one attached hydrogen (secondary N) is 1. The molecule has 2 aromatic rings. The van der Waals surface area contributed by atoms with Crippen LogP contribution in [0.3, 0.4) is 0 Å². The monoisotopic (exact) mass is 271 g/mol. The van der Waals surface area contributed by atoms with Crippen LogP contribution in [0, 0.1) is 0 Å². The van der Waals surface area contributed by atoms with Gasteiger partial charge in [-0.05, 0) is 48.9 Å². The molecule has 0 amide bonds. The van der Waals surface area contributed by atoms with E-state index < -0.39 is 5.97 Å². The highest BCUT2D eigenvalue weighted by atomic mass is 16.5. The van der Waals surface area contributed by atoms with E-state index in [4.69, 9.17) is 9.84 Å². The summed E-state index contributed by atoms with van der Waals surface area (Å²) in [5, 5.41) is 12.1. The highest BCUT2D eigenvalue weighted by Gasteiger charge is 2.01. The van der Waals surface area contributed by atoms with Crippen molar-refractivity contribution in [2.24, 2.45) is 0 Å². The molecular weight excluding hydrogens is 254 g/mol. The fraction of sp³-hybridized carbons (Fsp3) is 0.188. The van der Waals surface area contributed by atoms with Crippen molar-refractivity contribution in [1.82, 2.24) is 0 Å². The van der Waals surface area contributed by atoms with Crippen molar-refractivity contribution in [1.29, 1.82) is 0 Å². The predicted molar refractivity (Wildman–Crippen MR) is 78.3 cm³/mol. The number of benzene rings is 2. The van der Waals surface area contributed by atoms with E-state index in [1.54, 1.807) is 24.3 Å². The number of carbonyl (C=O) groups is 1. The van der Waals surface area contributed by atoms with E-state index in [9.17, 15) is 4.79 Å². The molecule has 0 radical (unpaired) electrons. The Labute approximate surface area is 118 Å². The lowest BCUT2D eigenvalue weighted by Crippen LogP contribution is -2.01. The number of rotatable bonds is 6. The van der Waals surface area contributed by atoms with Crippen molar-refractivity contribution in [2.75, 3.05) is 11.9 Å². The van der Waals surface area contributed by atoms with Crippen molar-refractivity contribution < 1.29 is 14.6 Å². The molecule has 2 N–H and O–H groups in total. The van der Waals surface area contributed by atoms with E-state index in [0.717, 1.165) is 17.0 Å². The minimum absolute atomic E-state index is 0.289. The second kappa shape index (κ2) is 6.61. The van der Waals surface area contributed by atoms with Crippen LogP contribution in [0.2, 0.25) is 0 Å². The highest BCUT2D eigenvalue weighted by molar-refractivity contribution is 5.87. The van der Waals surface area contributed by atoms with Gasteiger partial charge in [0.2, 0.25) is 0 Å². The fourth-order valence-electron chi connectivity index (χ4n) is 1.80. The summed E-state index contributed by atoms with van der Waals surface area (Å²) in [6.07, 6.45) is 0. The summed E-state index contributed by atoms with van der Waals surface area (Å²) >= 11 is 0. The van der Waals surface area contributed by atoms with E-state index in [1.807, 2.05) is 31.2 Å². The van der Waals surface area contributed by atoms with Gasteiger partial charge in [0.25, 0.3) is 0 Å². The minimum Gasteiger partial charge on any atom is -0.494 e. The smallest absolute Gasteiger partial charge is 0.335 e. The Balaban J connectivity index is 1.92. The van der Waals surface area contributed by atoms with Crippen molar-refractivity contribution >= 4 is 11.7 Å². The summed E-state index contributed by atoms with van der Waals surface area (Å²) in [4.78, 5) is 10.7. The first-order chi connectivity index (χ1) is 9.69. The zero-order chi connectivity index (χ0) is 14.4.